The Bertz CT molecular complexity index is 706. The minimum absolute atomic E-state index is 0.302. The smallest absolute Gasteiger partial charge is 0.321 e. The molecule has 2 aliphatic heterocycles. The van der Waals surface area contributed by atoms with Crippen LogP contribution in [0.1, 0.15) is 26.7 Å². The van der Waals surface area contributed by atoms with E-state index in [-0.39, 0.29) is 11.3 Å². The lowest BCUT2D eigenvalue weighted by molar-refractivity contribution is -0.119. The highest BCUT2D eigenvalue weighted by Gasteiger charge is 2.32. The predicted octanol–water partition coefficient (Wildman–Crippen LogP) is 3.08. The van der Waals surface area contributed by atoms with Gasteiger partial charge in [0.1, 0.15) is 12.9 Å². The van der Waals surface area contributed by atoms with Gasteiger partial charge in [0, 0.05) is 10.6 Å². The summed E-state index contributed by atoms with van der Waals surface area (Å²) in [5.41, 5.74) is 7.62. The van der Waals surface area contributed by atoms with Gasteiger partial charge in [0.05, 0.1) is 6.54 Å². The Morgan fingerprint density at radius 1 is 1.40 bits per heavy atom. The first-order valence-corrected chi connectivity index (χ1v) is 9.07. The van der Waals surface area contributed by atoms with Crippen molar-refractivity contribution in [3.63, 3.8) is 0 Å². The number of amides is 1. The number of nitrogens with two attached hydrogens (primary N) is 1. The number of hydrogen-bond donors (Lipinski definition) is 1. The van der Waals surface area contributed by atoms with Crippen LogP contribution < -0.4 is 5.73 Å². The molecule has 0 saturated heterocycles. The number of carbonyl (C=O) groups is 1. The number of ether oxygens (including phenoxy) is 3. The van der Waals surface area contributed by atoms with Crippen molar-refractivity contribution in [1.82, 2.24) is 4.90 Å². The van der Waals surface area contributed by atoms with Gasteiger partial charge in [-0.25, -0.2) is 0 Å². The van der Waals surface area contributed by atoms with Crippen molar-refractivity contribution < 1.29 is 19.0 Å². The van der Waals surface area contributed by atoms with Gasteiger partial charge in [0.15, 0.2) is 17.4 Å². The van der Waals surface area contributed by atoms with E-state index in [4.69, 9.17) is 19.9 Å². The molecule has 1 unspecified atom stereocenters. The summed E-state index contributed by atoms with van der Waals surface area (Å²) in [5, 5.41) is -0.376. The fourth-order valence-electron chi connectivity index (χ4n) is 2.74. The van der Waals surface area contributed by atoms with E-state index in [1.807, 2.05) is 30.9 Å². The van der Waals surface area contributed by atoms with Crippen LogP contribution in [0.4, 0.5) is 0 Å². The topological polar surface area (TPSA) is 74.0 Å². The first kappa shape index (κ1) is 17.5. The average molecular weight is 362 g/mol. The molecule has 1 atom stereocenters. The average Bonchev–Trinajstić information content (AvgIpc) is 2.92. The van der Waals surface area contributed by atoms with Gasteiger partial charge in [0.25, 0.3) is 5.91 Å². The van der Waals surface area contributed by atoms with Crippen LogP contribution in [-0.4, -0.2) is 29.3 Å². The van der Waals surface area contributed by atoms with Crippen LogP contribution >= 0.6 is 11.8 Å². The van der Waals surface area contributed by atoms with E-state index in [0.717, 1.165) is 29.0 Å². The number of nitrogens with zero attached hydrogens (tertiary/aromatic N) is 1. The zero-order valence-corrected chi connectivity index (χ0v) is 15.2. The van der Waals surface area contributed by atoms with Crippen LogP contribution in [0.3, 0.4) is 0 Å². The molecule has 0 fully saturated rings. The number of allylic oxidation sites excluding steroid dienone is 6. The van der Waals surface area contributed by atoms with Crippen molar-refractivity contribution in [2.75, 3.05) is 13.2 Å². The highest BCUT2D eigenvalue weighted by atomic mass is 32.2. The molecule has 2 N–H and O–H groups in total. The Morgan fingerprint density at radius 3 is 2.88 bits per heavy atom. The van der Waals surface area contributed by atoms with Crippen molar-refractivity contribution >= 4 is 17.7 Å². The molecule has 1 aliphatic carbocycles. The Balaban J connectivity index is 1.49. The van der Waals surface area contributed by atoms with E-state index in [9.17, 15) is 4.79 Å². The van der Waals surface area contributed by atoms with E-state index in [1.54, 1.807) is 6.26 Å². The zero-order valence-electron chi connectivity index (χ0n) is 14.4. The second-order valence-corrected chi connectivity index (χ2v) is 7.16. The van der Waals surface area contributed by atoms with Gasteiger partial charge < -0.3 is 24.8 Å². The van der Waals surface area contributed by atoms with E-state index in [1.165, 1.54) is 18.0 Å². The maximum Gasteiger partial charge on any atom is 0.321 e. The standard InChI is InChI=1S/C18H22N2O4S/c1-12-13(2)25-18(17(19)21)20(12)8-9-22-16-11-23-15(10-24-16)14-6-4-3-5-7-14/h3-4,6,10-11,18H,5,7-9H2,1-2H3,(H2,19,21). The van der Waals surface area contributed by atoms with Gasteiger partial charge in [-0.1, -0.05) is 30.0 Å². The molecule has 25 heavy (non-hydrogen) atoms. The second kappa shape index (κ2) is 7.74. The SMILES string of the molecule is CC1=C(C)N(CCOC2=COC(C3=CC=CCC3)=CO2)C(C(N)=O)S1. The lowest BCUT2D eigenvalue weighted by atomic mass is 10.0. The van der Waals surface area contributed by atoms with Gasteiger partial charge in [-0.3, -0.25) is 4.79 Å². The third-order valence-corrected chi connectivity index (χ3v) is 5.59. The van der Waals surface area contributed by atoms with Crippen LogP contribution in [-0.2, 0) is 19.0 Å². The van der Waals surface area contributed by atoms with Crippen LogP contribution in [0.2, 0.25) is 0 Å². The molecule has 1 amide bonds. The Morgan fingerprint density at radius 2 is 2.24 bits per heavy atom. The maximum absolute atomic E-state index is 11.6. The van der Waals surface area contributed by atoms with Gasteiger partial charge in [-0.2, -0.15) is 0 Å². The molecular weight excluding hydrogens is 340 g/mol. The number of carbonyl (C=O) groups excluding carboxylic acids is 1. The van der Waals surface area contributed by atoms with Crippen molar-refractivity contribution in [3.8, 4) is 0 Å². The first-order chi connectivity index (χ1) is 12.1. The zero-order chi connectivity index (χ0) is 17.8. The molecule has 0 aromatic heterocycles. The van der Waals surface area contributed by atoms with E-state index < -0.39 is 0 Å². The summed E-state index contributed by atoms with van der Waals surface area (Å²) >= 11 is 1.48. The molecule has 0 aromatic carbocycles. The summed E-state index contributed by atoms with van der Waals surface area (Å²) in [6.07, 6.45) is 11.1. The molecule has 0 aromatic rings. The molecule has 6 nitrogen and oxygen atoms in total. The molecule has 0 saturated carbocycles. The fraction of sp³-hybridized carbons (Fsp3) is 0.389. The lowest BCUT2D eigenvalue weighted by Gasteiger charge is -2.25. The van der Waals surface area contributed by atoms with Gasteiger partial charge >= 0.3 is 5.95 Å². The second-order valence-electron chi connectivity index (χ2n) is 5.87. The number of thioether (sulfide) groups is 1. The highest BCUT2D eigenvalue weighted by Crippen LogP contribution is 2.37. The van der Waals surface area contributed by atoms with Gasteiger partial charge in [-0.05, 0) is 32.3 Å². The van der Waals surface area contributed by atoms with Crippen LogP contribution in [0.25, 0.3) is 0 Å². The molecule has 3 aliphatic rings. The normalized spacial score (nSPS) is 22.7. The van der Waals surface area contributed by atoms with E-state index in [2.05, 4.69) is 6.08 Å². The Labute approximate surface area is 151 Å². The molecule has 2 heterocycles. The van der Waals surface area contributed by atoms with Crippen LogP contribution in [0.5, 0.6) is 0 Å². The van der Waals surface area contributed by atoms with E-state index in [0.29, 0.717) is 24.9 Å². The predicted molar refractivity (Wildman–Crippen MR) is 96.4 cm³/mol. The molecule has 0 bridgehead atoms. The minimum Gasteiger partial charge on any atom is -0.461 e. The summed E-state index contributed by atoms with van der Waals surface area (Å²) in [6.45, 7) is 4.86. The molecule has 7 heteroatoms. The van der Waals surface area contributed by atoms with Crippen LogP contribution in [0, 0.1) is 0 Å². The van der Waals surface area contributed by atoms with Crippen molar-refractivity contribution in [2.24, 2.45) is 5.73 Å². The summed E-state index contributed by atoms with van der Waals surface area (Å²) in [7, 11) is 0. The number of hydrogen-bond acceptors (Lipinski definition) is 6. The van der Waals surface area contributed by atoms with Crippen molar-refractivity contribution in [3.05, 3.63) is 58.6 Å². The minimum atomic E-state index is -0.376. The molecule has 0 radical (unpaired) electrons. The quantitative estimate of drug-likeness (QED) is 0.783. The van der Waals surface area contributed by atoms with Crippen LogP contribution in [0.15, 0.2) is 58.6 Å². The molecular formula is C18H22N2O4S. The summed E-state index contributed by atoms with van der Waals surface area (Å²) in [5.74, 6) is 0.660. The third kappa shape index (κ3) is 4.04. The molecule has 0 spiro atoms. The van der Waals surface area contributed by atoms with Crippen molar-refractivity contribution in [2.45, 2.75) is 32.1 Å². The maximum atomic E-state index is 11.6. The van der Waals surface area contributed by atoms with Crippen molar-refractivity contribution in [1.29, 1.82) is 0 Å². The Hall–Kier alpha value is -2.28. The lowest BCUT2D eigenvalue weighted by Crippen LogP contribution is -2.40. The van der Waals surface area contributed by atoms with Gasteiger partial charge in [0.2, 0.25) is 0 Å². The monoisotopic (exact) mass is 362 g/mol. The first-order valence-electron chi connectivity index (χ1n) is 8.19. The number of primary amides is 1. The molecule has 3 rings (SSSR count). The fourth-order valence-corrected chi connectivity index (χ4v) is 3.87. The number of rotatable bonds is 6. The molecule has 134 valence electrons. The Kier molecular flexibility index (Phi) is 5.43. The summed E-state index contributed by atoms with van der Waals surface area (Å²) in [6, 6.07) is 0. The third-order valence-electron chi connectivity index (χ3n) is 4.23. The van der Waals surface area contributed by atoms with Gasteiger partial charge in [-0.15, -0.1) is 0 Å². The van der Waals surface area contributed by atoms with E-state index >= 15 is 0 Å². The largest absolute Gasteiger partial charge is 0.461 e. The summed E-state index contributed by atoms with van der Waals surface area (Å²) < 4.78 is 16.7. The highest BCUT2D eigenvalue weighted by molar-refractivity contribution is 8.04. The summed E-state index contributed by atoms with van der Waals surface area (Å²) in [4.78, 5) is 14.6.